The molecule has 0 aromatic carbocycles. The third kappa shape index (κ3) is 1.73. The Morgan fingerprint density at radius 1 is 1.67 bits per heavy atom. The average molecular weight is 171 g/mol. The van der Waals surface area contributed by atoms with Crippen molar-refractivity contribution in [3.8, 4) is 0 Å². The zero-order valence-corrected chi connectivity index (χ0v) is 7.04. The average Bonchev–Trinajstić information content (AvgIpc) is 2.00. The van der Waals surface area contributed by atoms with Crippen molar-refractivity contribution in [3.63, 3.8) is 0 Å². The first-order chi connectivity index (χ1) is 5.65. The van der Waals surface area contributed by atoms with E-state index in [2.05, 4.69) is 5.32 Å². The third-order valence-electron chi connectivity index (χ3n) is 1.75. The summed E-state index contributed by atoms with van der Waals surface area (Å²) in [5.41, 5.74) is 5.29. The normalized spacial score (nSPS) is 24.2. The fourth-order valence-corrected chi connectivity index (χ4v) is 1.24. The zero-order valence-electron chi connectivity index (χ0n) is 7.04. The maximum absolute atomic E-state index is 11.1. The van der Waals surface area contributed by atoms with E-state index in [1.54, 1.807) is 0 Å². The highest BCUT2D eigenvalue weighted by atomic mass is 16.2. The van der Waals surface area contributed by atoms with Crippen molar-refractivity contribution in [2.45, 2.75) is 13.0 Å². The molecule has 0 aliphatic carbocycles. The van der Waals surface area contributed by atoms with E-state index in [1.807, 2.05) is 6.92 Å². The summed E-state index contributed by atoms with van der Waals surface area (Å²) >= 11 is 0. The first-order valence-electron chi connectivity index (χ1n) is 3.95. The molecule has 0 aromatic rings. The highest BCUT2D eigenvalue weighted by Gasteiger charge is 2.28. The summed E-state index contributed by atoms with van der Waals surface area (Å²) in [5.74, 6) is -0.999. The number of nitrogens with two attached hydrogens (primary N) is 1. The number of carbonyl (C=O) groups is 2. The van der Waals surface area contributed by atoms with Crippen molar-refractivity contribution in [2.24, 2.45) is 5.73 Å². The molecule has 5 heteroatoms. The van der Waals surface area contributed by atoms with Crippen LogP contribution in [0.1, 0.15) is 6.92 Å². The van der Waals surface area contributed by atoms with Crippen LogP contribution in [0.2, 0.25) is 0 Å². The smallest absolute Gasteiger partial charge is 0.312 e. The summed E-state index contributed by atoms with van der Waals surface area (Å²) in [7, 11) is 0. The van der Waals surface area contributed by atoms with Gasteiger partial charge in [-0.05, 0) is 6.92 Å². The summed E-state index contributed by atoms with van der Waals surface area (Å²) < 4.78 is 0. The SMILES string of the molecule is CC1CN(CCN)C(=O)C(=O)N1. The van der Waals surface area contributed by atoms with E-state index < -0.39 is 11.8 Å². The van der Waals surface area contributed by atoms with Crippen molar-refractivity contribution in [1.82, 2.24) is 10.2 Å². The third-order valence-corrected chi connectivity index (χ3v) is 1.75. The van der Waals surface area contributed by atoms with Gasteiger partial charge in [-0.1, -0.05) is 0 Å². The molecule has 0 aromatic heterocycles. The lowest BCUT2D eigenvalue weighted by atomic mass is 10.2. The zero-order chi connectivity index (χ0) is 9.14. The van der Waals surface area contributed by atoms with Gasteiger partial charge in [-0.2, -0.15) is 0 Å². The molecule has 1 heterocycles. The largest absolute Gasteiger partial charge is 0.344 e. The van der Waals surface area contributed by atoms with Gasteiger partial charge in [-0.15, -0.1) is 0 Å². The van der Waals surface area contributed by atoms with Gasteiger partial charge in [0.25, 0.3) is 0 Å². The van der Waals surface area contributed by atoms with Gasteiger partial charge >= 0.3 is 11.8 Å². The molecule has 1 atom stereocenters. The van der Waals surface area contributed by atoms with E-state index in [-0.39, 0.29) is 6.04 Å². The Labute approximate surface area is 70.9 Å². The van der Waals surface area contributed by atoms with Crippen molar-refractivity contribution < 1.29 is 9.59 Å². The molecule has 5 nitrogen and oxygen atoms in total. The van der Waals surface area contributed by atoms with Gasteiger partial charge in [0.15, 0.2) is 0 Å². The molecule has 0 spiro atoms. The van der Waals surface area contributed by atoms with Gasteiger partial charge in [0.1, 0.15) is 0 Å². The molecule has 2 amide bonds. The van der Waals surface area contributed by atoms with E-state index >= 15 is 0 Å². The number of rotatable bonds is 2. The van der Waals surface area contributed by atoms with Gasteiger partial charge in [0.05, 0.1) is 0 Å². The molecule has 1 aliphatic heterocycles. The molecular weight excluding hydrogens is 158 g/mol. The number of carbonyl (C=O) groups excluding carboxylic acids is 2. The number of amides is 2. The van der Waals surface area contributed by atoms with Crippen LogP contribution in [0.15, 0.2) is 0 Å². The van der Waals surface area contributed by atoms with Crippen LogP contribution in [0.4, 0.5) is 0 Å². The first-order valence-corrected chi connectivity index (χ1v) is 3.95. The van der Waals surface area contributed by atoms with E-state index in [0.717, 1.165) is 0 Å². The summed E-state index contributed by atoms with van der Waals surface area (Å²) in [6.45, 7) is 3.26. The summed E-state index contributed by atoms with van der Waals surface area (Å²) in [6, 6.07) is 0.0294. The molecule has 1 aliphatic rings. The second-order valence-corrected chi connectivity index (χ2v) is 2.91. The molecule has 1 saturated heterocycles. The van der Waals surface area contributed by atoms with Gasteiger partial charge in [-0.25, -0.2) is 0 Å². The minimum Gasteiger partial charge on any atom is -0.344 e. The number of piperazine rings is 1. The van der Waals surface area contributed by atoms with Crippen LogP contribution in [-0.4, -0.2) is 42.4 Å². The summed E-state index contributed by atoms with van der Waals surface area (Å²) in [5, 5.41) is 2.55. The molecule has 3 N–H and O–H groups in total. The van der Waals surface area contributed by atoms with Crippen LogP contribution in [0.3, 0.4) is 0 Å². The van der Waals surface area contributed by atoms with E-state index in [9.17, 15) is 9.59 Å². The monoisotopic (exact) mass is 171 g/mol. The van der Waals surface area contributed by atoms with Crippen molar-refractivity contribution in [1.29, 1.82) is 0 Å². The number of hydrogen-bond donors (Lipinski definition) is 2. The van der Waals surface area contributed by atoms with Crippen LogP contribution in [0.25, 0.3) is 0 Å². The lowest BCUT2D eigenvalue weighted by Crippen LogP contribution is -2.57. The maximum atomic E-state index is 11.1. The Balaban J connectivity index is 2.60. The molecule has 68 valence electrons. The molecular formula is C7H13N3O2. The van der Waals surface area contributed by atoms with Crippen molar-refractivity contribution >= 4 is 11.8 Å². The Morgan fingerprint density at radius 2 is 2.33 bits per heavy atom. The topological polar surface area (TPSA) is 75.4 Å². The number of hydrogen-bond acceptors (Lipinski definition) is 3. The number of nitrogens with one attached hydrogen (secondary N) is 1. The second-order valence-electron chi connectivity index (χ2n) is 2.91. The molecule has 12 heavy (non-hydrogen) atoms. The van der Waals surface area contributed by atoms with Crippen LogP contribution in [0, 0.1) is 0 Å². The molecule has 0 radical (unpaired) electrons. The standard InChI is InChI=1S/C7H13N3O2/c1-5-4-10(3-2-8)7(12)6(11)9-5/h5H,2-4,8H2,1H3,(H,9,11). The van der Waals surface area contributed by atoms with Crippen molar-refractivity contribution in [3.05, 3.63) is 0 Å². The summed E-state index contributed by atoms with van der Waals surface area (Å²) in [6.07, 6.45) is 0. The fraction of sp³-hybridized carbons (Fsp3) is 0.714. The molecule has 0 saturated carbocycles. The Hall–Kier alpha value is -1.10. The molecule has 1 unspecified atom stereocenters. The predicted octanol–water partition coefficient (Wildman–Crippen LogP) is -1.71. The van der Waals surface area contributed by atoms with E-state index in [4.69, 9.17) is 5.73 Å². The molecule has 1 fully saturated rings. The Bertz CT molecular complexity index is 205. The lowest BCUT2D eigenvalue weighted by Gasteiger charge is -2.30. The van der Waals surface area contributed by atoms with Crippen LogP contribution >= 0.6 is 0 Å². The van der Waals surface area contributed by atoms with Crippen LogP contribution < -0.4 is 11.1 Å². The predicted molar refractivity (Wildman–Crippen MR) is 43.2 cm³/mol. The van der Waals surface area contributed by atoms with Gasteiger partial charge in [0, 0.05) is 25.7 Å². The second kappa shape index (κ2) is 3.53. The quantitative estimate of drug-likeness (QED) is 0.486. The van der Waals surface area contributed by atoms with Gasteiger partial charge in [0.2, 0.25) is 0 Å². The number of nitrogens with zero attached hydrogens (tertiary/aromatic N) is 1. The Morgan fingerprint density at radius 3 is 2.92 bits per heavy atom. The van der Waals surface area contributed by atoms with Crippen LogP contribution in [0.5, 0.6) is 0 Å². The first kappa shape index (κ1) is 8.99. The van der Waals surface area contributed by atoms with Crippen molar-refractivity contribution in [2.75, 3.05) is 19.6 Å². The minimum absolute atomic E-state index is 0.0294. The molecule has 0 bridgehead atoms. The van der Waals surface area contributed by atoms with Crippen LogP contribution in [-0.2, 0) is 9.59 Å². The highest BCUT2D eigenvalue weighted by Crippen LogP contribution is 1.99. The highest BCUT2D eigenvalue weighted by molar-refractivity contribution is 6.35. The fourth-order valence-electron chi connectivity index (χ4n) is 1.24. The summed E-state index contributed by atoms with van der Waals surface area (Å²) in [4.78, 5) is 23.5. The lowest BCUT2D eigenvalue weighted by molar-refractivity contribution is -0.149. The maximum Gasteiger partial charge on any atom is 0.312 e. The Kier molecular flexibility index (Phi) is 2.65. The minimum atomic E-state index is -0.526. The molecule has 1 rings (SSSR count). The van der Waals surface area contributed by atoms with E-state index in [1.165, 1.54) is 4.90 Å². The van der Waals surface area contributed by atoms with E-state index in [0.29, 0.717) is 19.6 Å². The van der Waals surface area contributed by atoms with Gasteiger partial charge < -0.3 is 16.0 Å². The van der Waals surface area contributed by atoms with Gasteiger partial charge in [-0.3, -0.25) is 9.59 Å².